The fraction of sp³-hybridized carbons (Fsp3) is 0.500. The molecule has 0 bridgehead atoms. The van der Waals surface area contributed by atoms with Gasteiger partial charge < -0.3 is 0 Å². The molecule has 0 saturated heterocycles. The molecule has 1 aromatic carbocycles. The zero-order valence-corrected chi connectivity index (χ0v) is 14.4. The van der Waals surface area contributed by atoms with Crippen molar-refractivity contribution >= 4 is 49.7 Å². The van der Waals surface area contributed by atoms with Crippen LogP contribution >= 0.6 is 23.2 Å². The molecule has 16 heavy (non-hydrogen) atoms. The van der Waals surface area contributed by atoms with Gasteiger partial charge >= 0.3 is 0 Å². The highest BCUT2D eigenvalue weighted by Crippen LogP contribution is 2.21. The van der Waals surface area contributed by atoms with E-state index in [2.05, 4.69) is 51.4 Å². The summed E-state index contributed by atoms with van der Waals surface area (Å²) in [4.78, 5) is 0. The van der Waals surface area contributed by atoms with E-state index in [4.69, 9.17) is 23.2 Å². The molecule has 0 heterocycles. The molecule has 0 radical (unpaired) electrons. The van der Waals surface area contributed by atoms with Crippen LogP contribution in [0.25, 0.3) is 0 Å². The molecule has 0 fully saturated rings. The summed E-state index contributed by atoms with van der Waals surface area (Å²) < 4.78 is 0. The van der Waals surface area contributed by atoms with Gasteiger partial charge in [0.2, 0.25) is 0 Å². The zero-order chi connectivity index (χ0) is 12.7. The lowest BCUT2D eigenvalue weighted by atomic mass is 10.3. The lowest BCUT2D eigenvalue weighted by Crippen LogP contribution is -2.56. The fourth-order valence-electron chi connectivity index (χ4n) is 1.79. The van der Waals surface area contributed by atoms with Gasteiger partial charge in [0.25, 0.3) is 0 Å². The van der Waals surface area contributed by atoms with Gasteiger partial charge in [0.15, 0.2) is 0 Å². The molecular formula is C12H20Cl2Si2. The summed E-state index contributed by atoms with van der Waals surface area (Å²) in [6, 6.07) is 4.20. The monoisotopic (exact) mass is 290 g/mol. The predicted octanol–water partition coefficient (Wildman–Crippen LogP) is 4.08. The Kier molecular flexibility index (Phi) is 4.01. The molecule has 4 heteroatoms. The van der Waals surface area contributed by atoms with Crippen LogP contribution in [0, 0.1) is 0 Å². The van der Waals surface area contributed by atoms with Gasteiger partial charge in [-0.3, -0.25) is 0 Å². The Labute approximate surface area is 111 Å². The van der Waals surface area contributed by atoms with Crippen LogP contribution in [0.4, 0.5) is 0 Å². The number of hydrogen-bond donors (Lipinski definition) is 0. The zero-order valence-electron chi connectivity index (χ0n) is 10.9. The average molecular weight is 291 g/mol. The molecule has 0 aliphatic carbocycles. The molecule has 0 N–H and O–H groups in total. The van der Waals surface area contributed by atoms with Gasteiger partial charge in [-0.05, 0) is 12.1 Å². The maximum atomic E-state index is 6.15. The Morgan fingerprint density at radius 2 is 0.938 bits per heavy atom. The molecule has 0 spiro atoms. The number of halogens is 2. The molecule has 0 unspecified atom stereocenters. The van der Waals surface area contributed by atoms with E-state index in [9.17, 15) is 0 Å². The van der Waals surface area contributed by atoms with Crippen molar-refractivity contribution in [3.05, 3.63) is 22.2 Å². The molecule has 1 rings (SSSR count). The summed E-state index contributed by atoms with van der Waals surface area (Å²) in [6.07, 6.45) is 0. The third-order valence-electron chi connectivity index (χ3n) is 2.68. The van der Waals surface area contributed by atoms with E-state index < -0.39 is 16.1 Å². The summed E-state index contributed by atoms with van der Waals surface area (Å²) in [5, 5.41) is 4.34. The molecule has 0 aromatic heterocycles. The Bertz CT molecular complexity index is 362. The van der Waals surface area contributed by atoms with E-state index in [0.717, 1.165) is 0 Å². The first-order valence-corrected chi connectivity index (χ1v) is 13.3. The lowest BCUT2D eigenvalue weighted by Gasteiger charge is -2.28. The van der Waals surface area contributed by atoms with Crippen LogP contribution in [0.3, 0.4) is 0 Å². The Morgan fingerprint density at radius 3 is 1.12 bits per heavy atom. The smallest absolute Gasteiger partial charge is 0.0775 e. The summed E-state index contributed by atoms with van der Waals surface area (Å²) in [5.74, 6) is 0. The van der Waals surface area contributed by atoms with E-state index in [-0.39, 0.29) is 0 Å². The number of benzene rings is 1. The summed E-state index contributed by atoms with van der Waals surface area (Å²) in [7, 11) is -2.70. The van der Waals surface area contributed by atoms with Crippen LogP contribution < -0.4 is 10.4 Å². The number of hydrogen-bond acceptors (Lipinski definition) is 0. The lowest BCUT2D eigenvalue weighted by molar-refractivity contribution is 1.66. The van der Waals surface area contributed by atoms with E-state index >= 15 is 0 Å². The average Bonchev–Trinajstić information content (AvgIpc) is 2.05. The first-order valence-electron chi connectivity index (χ1n) is 5.53. The quantitative estimate of drug-likeness (QED) is 0.720. The fourth-order valence-corrected chi connectivity index (χ4v) is 7.46. The van der Waals surface area contributed by atoms with Crippen LogP contribution in [0.2, 0.25) is 49.3 Å². The van der Waals surface area contributed by atoms with E-state index in [1.165, 1.54) is 10.4 Å². The topological polar surface area (TPSA) is 0 Å². The van der Waals surface area contributed by atoms with Crippen LogP contribution in [0.5, 0.6) is 0 Å². The van der Waals surface area contributed by atoms with Gasteiger partial charge in [-0.1, -0.05) is 72.9 Å². The summed E-state index contributed by atoms with van der Waals surface area (Å²) in [6.45, 7) is 14.1. The first-order chi connectivity index (χ1) is 7.03. The molecule has 0 aliphatic heterocycles. The molecule has 90 valence electrons. The third kappa shape index (κ3) is 3.13. The van der Waals surface area contributed by atoms with Crippen molar-refractivity contribution in [2.45, 2.75) is 39.3 Å². The van der Waals surface area contributed by atoms with E-state index in [0.29, 0.717) is 10.0 Å². The number of rotatable bonds is 2. The van der Waals surface area contributed by atoms with Crippen LogP contribution in [0.1, 0.15) is 0 Å². The Balaban J connectivity index is 3.53. The largest absolute Gasteiger partial charge is 0.0827 e. The minimum Gasteiger partial charge on any atom is -0.0827 e. The molecule has 0 saturated carbocycles. The molecular weight excluding hydrogens is 271 g/mol. The normalized spacial score (nSPS) is 13.0. The van der Waals surface area contributed by atoms with Crippen LogP contribution in [0.15, 0.2) is 12.1 Å². The van der Waals surface area contributed by atoms with Crippen molar-refractivity contribution in [3.63, 3.8) is 0 Å². The van der Waals surface area contributed by atoms with Crippen molar-refractivity contribution in [2.24, 2.45) is 0 Å². The Morgan fingerprint density at radius 1 is 0.688 bits per heavy atom. The van der Waals surface area contributed by atoms with Crippen molar-refractivity contribution in [1.82, 2.24) is 0 Å². The van der Waals surface area contributed by atoms with Crippen molar-refractivity contribution in [2.75, 3.05) is 0 Å². The van der Waals surface area contributed by atoms with Crippen molar-refractivity contribution < 1.29 is 0 Å². The molecule has 0 aliphatic rings. The van der Waals surface area contributed by atoms with Crippen LogP contribution in [-0.2, 0) is 0 Å². The minimum absolute atomic E-state index is 0.695. The van der Waals surface area contributed by atoms with Crippen LogP contribution in [-0.4, -0.2) is 16.1 Å². The molecule has 1 aromatic rings. The third-order valence-corrected chi connectivity index (χ3v) is 7.71. The maximum Gasteiger partial charge on any atom is 0.0775 e. The first kappa shape index (κ1) is 14.3. The summed E-state index contributed by atoms with van der Waals surface area (Å²) >= 11 is 12.3. The Hall–Kier alpha value is 0.234. The van der Waals surface area contributed by atoms with Crippen molar-refractivity contribution in [3.8, 4) is 0 Å². The van der Waals surface area contributed by atoms with Gasteiger partial charge in [-0.25, -0.2) is 0 Å². The van der Waals surface area contributed by atoms with E-state index in [1.807, 2.05) is 0 Å². The SMILES string of the molecule is C[Si](C)(C)c1cc(Cl)c(Cl)cc1[Si](C)(C)C. The molecule has 0 amide bonds. The van der Waals surface area contributed by atoms with Gasteiger partial charge in [0, 0.05) is 0 Å². The van der Waals surface area contributed by atoms with Crippen molar-refractivity contribution in [1.29, 1.82) is 0 Å². The maximum absolute atomic E-state index is 6.15. The standard InChI is InChI=1S/C12H20Cl2Si2/c1-15(2,3)11-7-9(13)10(14)8-12(11)16(4,5)6/h7-8H,1-6H3. The van der Waals surface area contributed by atoms with Gasteiger partial charge in [0.05, 0.1) is 26.2 Å². The van der Waals surface area contributed by atoms with E-state index in [1.54, 1.807) is 0 Å². The molecule has 0 nitrogen and oxygen atoms in total. The van der Waals surface area contributed by atoms with Gasteiger partial charge in [0.1, 0.15) is 0 Å². The molecule has 0 atom stereocenters. The highest BCUT2D eigenvalue weighted by Gasteiger charge is 2.28. The predicted molar refractivity (Wildman–Crippen MR) is 82.4 cm³/mol. The van der Waals surface area contributed by atoms with Gasteiger partial charge in [-0.15, -0.1) is 0 Å². The second kappa shape index (κ2) is 4.48. The second-order valence-corrected chi connectivity index (χ2v) is 17.2. The summed E-state index contributed by atoms with van der Waals surface area (Å²) in [5.41, 5.74) is 0. The second-order valence-electron chi connectivity index (χ2n) is 6.31. The highest BCUT2D eigenvalue weighted by molar-refractivity contribution is 6.98. The van der Waals surface area contributed by atoms with Gasteiger partial charge in [-0.2, -0.15) is 0 Å². The minimum atomic E-state index is -1.35. The highest BCUT2D eigenvalue weighted by atomic mass is 35.5.